The SMILES string of the molecule is O=C(O)c1cc(F)c(F)c(-c2cccc(Cl)c2)c1. The third-order valence-corrected chi connectivity index (χ3v) is 2.65. The number of rotatable bonds is 2. The van der Waals surface area contributed by atoms with E-state index in [4.69, 9.17) is 16.7 Å². The van der Waals surface area contributed by atoms with Crippen molar-refractivity contribution in [2.45, 2.75) is 0 Å². The fourth-order valence-corrected chi connectivity index (χ4v) is 1.77. The van der Waals surface area contributed by atoms with Crippen LogP contribution in [0.15, 0.2) is 36.4 Å². The van der Waals surface area contributed by atoms with E-state index in [0.29, 0.717) is 16.7 Å². The number of benzene rings is 2. The van der Waals surface area contributed by atoms with E-state index in [1.54, 1.807) is 12.1 Å². The summed E-state index contributed by atoms with van der Waals surface area (Å²) in [7, 11) is 0. The number of carbonyl (C=O) groups is 1. The first-order valence-corrected chi connectivity index (χ1v) is 5.35. The predicted molar refractivity (Wildman–Crippen MR) is 63.8 cm³/mol. The molecule has 0 radical (unpaired) electrons. The van der Waals surface area contributed by atoms with Crippen molar-refractivity contribution < 1.29 is 18.7 Å². The molecular formula is C13H7ClF2O2. The molecule has 0 saturated heterocycles. The molecule has 92 valence electrons. The van der Waals surface area contributed by atoms with E-state index in [0.717, 1.165) is 6.07 Å². The lowest BCUT2D eigenvalue weighted by Crippen LogP contribution is -2.00. The van der Waals surface area contributed by atoms with Gasteiger partial charge in [0, 0.05) is 10.6 Å². The van der Waals surface area contributed by atoms with E-state index in [9.17, 15) is 13.6 Å². The topological polar surface area (TPSA) is 37.3 Å². The third kappa shape index (κ3) is 2.33. The molecule has 0 aliphatic carbocycles. The van der Waals surface area contributed by atoms with Crippen molar-refractivity contribution in [1.82, 2.24) is 0 Å². The first-order valence-electron chi connectivity index (χ1n) is 4.97. The van der Waals surface area contributed by atoms with Gasteiger partial charge in [-0.15, -0.1) is 0 Å². The highest BCUT2D eigenvalue weighted by atomic mass is 35.5. The minimum Gasteiger partial charge on any atom is -0.478 e. The Morgan fingerprint density at radius 2 is 1.89 bits per heavy atom. The normalized spacial score (nSPS) is 10.4. The second-order valence-corrected chi connectivity index (χ2v) is 4.07. The molecule has 2 rings (SSSR count). The highest BCUT2D eigenvalue weighted by Crippen LogP contribution is 2.28. The highest BCUT2D eigenvalue weighted by Gasteiger charge is 2.15. The minimum absolute atomic E-state index is 0.130. The van der Waals surface area contributed by atoms with Crippen molar-refractivity contribution in [2.24, 2.45) is 0 Å². The lowest BCUT2D eigenvalue weighted by atomic mass is 10.0. The molecule has 2 nitrogen and oxygen atoms in total. The summed E-state index contributed by atoms with van der Waals surface area (Å²) in [4.78, 5) is 10.8. The fourth-order valence-electron chi connectivity index (χ4n) is 1.58. The molecule has 0 aliphatic heterocycles. The van der Waals surface area contributed by atoms with Gasteiger partial charge in [0.1, 0.15) is 0 Å². The van der Waals surface area contributed by atoms with Crippen LogP contribution < -0.4 is 0 Å². The molecule has 2 aromatic rings. The molecule has 0 spiro atoms. The largest absolute Gasteiger partial charge is 0.478 e. The summed E-state index contributed by atoms with van der Waals surface area (Å²) in [5, 5.41) is 9.17. The minimum atomic E-state index is -1.32. The van der Waals surface area contributed by atoms with Crippen LogP contribution in [-0.4, -0.2) is 11.1 Å². The van der Waals surface area contributed by atoms with Gasteiger partial charge in [0.15, 0.2) is 11.6 Å². The van der Waals surface area contributed by atoms with Gasteiger partial charge in [-0.1, -0.05) is 23.7 Å². The molecule has 0 fully saturated rings. The number of aromatic carboxylic acids is 1. The zero-order chi connectivity index (χ0) is 13.3. The summed E-state index contributed by atoms with van der Waals surface area (Å²) in [6.45, 7) is 0. The predicted octanol–water partition coefficient (Wildman–Crippen LogP) is 3.98. The van der Waals surface area contributed by atoms with Crippen LogP contribution in [0.3, 0.4) is 0 Å². The number of hydrogen-bond acceptors (Lipinski definition) is 1. The fraction of sp³-hybridized carbons (Fsp3) is 0. The molecular weight excluding hydrogens is 262 g/mol. The van der Waals surface area contributed by atoms with Crippen LogP contribution in [0.2, 0.25) is 5.02 Å². The second-order valence-electron chi connectivity index (χ2n) is 3.64. The summed E-state index contributed by atoms with van der Waals surface area (Å²) in [5.74, 6) is -3.62. The van der Waals surface area contributed by atoms with Crippen LogP contribution in [0.4, 0.5) is 8.78 Å². The van der Waals surface area contributed by atoms with Crippen LogP contribution in [-0.2, 0) is 0 Å². The van der Waals surface area contributed by atoms with Gasteiger partial charge in [0.2, 0.25) is 0 Å². The Bertz CT molecular complexity index is 626. The van der Waals surface area contributed by atoms with Crippen molar-refractivity contribution in [3.8, 4) is 11.1 Å². The molecule has 2 aromatic carbocycles. The molecule has 18 heavy (non-hydrogen) atoms. The van der Waals surface area contributed by atoms with Gasteiger partial charge in [-0.3, -0.25) is 0 Å². The quantitative estimate of drug-likeness (QED) is 0.894. The zero-order valence-corrected chi connectivity index (χ0v) is 9.71. The molecule has 0 atom stereocenters. The third-order valence-electron chi connectivity index (χ3n) is 2.41. The number of carboxylic acid groups (broad SMARTS) is 1. The van der Waals surface area contributed by atoms with Crippen molar-refractivity contribution in [3.05, 3.63) is 58.6 Å². The van der Waals surface area contributed by atoms with Crippen LogP contribution in [0.25, 0.3) is 11.1 Å². The van der Waals surface area contributed by atoms with Crippen LogP contribution in [0.5, 0.6) is 0 Å². The molecule has 0 aromatic heterocycles. The molecule has 0 heterocycles. The zero-order valence-electron chi connectivity index (χ0n) is 8.95. The van der Waals surface area contributed by atoms with E-state index in [1.165, 1.54) is 12.1 Å². The summed E-state index contributed by atoms with van der Waals surface area (Å²) >= 11 is 5.76. The first kappa shape index (κ1) is 12.5. The van der Waals surface area contributed by atoms with Crippen molar-refractivity contribution >= 4 is 17.6 Å². The Morgan fingerprint density at radius 1 is 1.17 bits per heavy atom. The van der Waals surface area contributed by atoms with Crippen molar-refractivity contribution in [2.75, 3.05) is 0 Å². The Balaban J connectivity index is 2.66. The average molecular weight is 269 g/mol. The van der Waals surface area contributed by atoms with Crippen LogP contribution >= 0.6 is 11.6 Å². The Kier molecular flexibility index (Phi) is 3.30. The van der Waals surface area contributed by atoms with Gasteiger partial charge in [0.05, 0.1) is 5.56 Å². The summed E-state index contributed by atoms with van der Waals surface area (Å²) in [6.07, 6.45) is 0. The maximum absolute atomic E-state index is 13.7. The van der Waals surface area contributed by atoms with Crippen LogP contribution in [0.1, 0.15) is 10.4 Å². The Morgan fingerprint density at radius 3 is 2.50 bits per heavy atom. The highest BCUT2D eigenvalue weighted by molar-refractivity contribution is 6.30. The molecule has 0 saturated carbocycles. The van der Waals surface area contributed by atoms with Gasteiger partial charge < -0.3 is 5.11 Å². The van der Waals surface area contributed by atoms with Gasteiger partial charge in [-0.05, 0) is 29.8 Å². The lowest BCUT2D eigenvalue weighted by Gasteiger charge is -2.06. The summed E-state index contributed by atoms with van der Waals surface area (Å²) in [6, 6.07) is 7.83. The van der Waals surface area contributed by atoms with E-state index < -0.39 is 17.6 Å². The number of hydrogen-bond donors (Lipinski definition) is 1. The van der Waals surface area contributed by atoms with Crippen molar-refractivity contribution in [1.29, 1.82) is 0 Å². The van der Waals surface area contributed by atoms with E-state index in [1.807, 2.05) is 0 Å². The molecule has 0 bridgehead atoms. The second kappa shape index (κ2) is 4.74. The maximum atomic E-state index is 13.7. The molecule has 0 amide bonds. The maximum Gasteiger partial charge on any atom is 0.335 e. The smallest absolute Gasteiger partial charge is 0.335 e. The van der Waals surface area contributed by atoms with Gasteiger partial charge in [-0.2, -0.15) is 0 Å². The number of halogens is 3. The van der Waals surface area contributed by atoms with Crippen molar-refractivity contribution in [3.63, 3.8) is 0 Å². The molecule has 5 heteroatoms. The average Bonchev–Trinajstić information content (AvgIpc) is 2.32. The van der Waals surface area contributed by atoms with Crippen LogP contribution in [0, 0.1) is 11.6 Å². The van der Waals surface area contributed by atoms with E-state index >= 15 is 0 Å². The Hall–Kier alpha value is -1.94. The summed E-state index contributed by atoms with van der Waals surface area (Å²) in [5.41, 5.74) is -0.124. The first-order chi connectivity index (χ1) is 8.49. The molecule has 1 N–H and O–H groups in total. The van der Waals surface area contributed by atoms with Gasteiger partial charge >= 0.3 is 5.97 Å². The molecule has 0 unspecified atom stereocenters. The van der Waals surface area contributed by atoms with E-state index in [-0.39, 0.29) is 11.1 Å². The van der Waals surface area contributed by atoms with Gasteiger partial charge in [0.25, 0.3) is 0 Å². The molecule has 0 aliphatic rings. The standard InChI is InChI=1S/C13H7ClF2O2/c14-9-3-1-2-7(4-9)10-5-8(13(17)18)6-11(15)12(10)16/h1-6H,(H,17,18). The van der Waals surface area contributed by atoms with Gasteiger partial charge in [-0.25, -0.2) is 13.6 Å². The lowest BCUT2D eigenvalue weighted by molar-refractivity contribution is 0.0696. The number of carboxylic acids is 1. The Labute approximate surface area is 106 Å². The summed E-state index contributed by atoms with van der Waals surface area (Å²) < 4.78 is 27.0. The van der Waals surface area contributed by atoms with E-state index in [2.05, 4.69) is 0 Å². The monoisotopic (exact) mass is 268 g/mol.